The predicted molar refractivity (Wildman–Crippen MR) is 78.3 cm³/mol. The van der Waals surface area contributed by atoms with Crippen molar-refractivity contribution in [2.24, 2.45) is 0 Å². The third-order valence-corrected chi connectivity index (χ3v) is 4.26. The number of benzene rings is 1. The maximum Gasteiger partial charge on any atom is 0.183 e. The fraction of sp³-hybridized carbons (Fsp3) is 0.0909. The third-order valence-electron chi connectivity index (χ3n) is 2.25. The largest absolute Gasteiger partial charge is 0.378 e. The number of hydrogen-bond donors (Lipinski definition) is 1. The summed E-state index contributed by atoms with van der Waals surface area (Å²) in [5.74, 6) is -0.739. The van der Waals surface area contributed by atoms with Gasteiger partial charge in [-0.25, -0.2) is 9.37 Å². The van der Waals surface area contributed by atoms with E-state index in [9.17, 15) is 4.39 Å². The SMILES string of the molecule is N#Cc1c(F)c(Cl)cc(Br)c1NCc1cnc(Cl)s1. The van der Waals surface area contributed by atoms with Crippen molar-refractivity contribution >= 4 is 56.2 Å². The van der Waals surface area contributed by atoms with Gasteiger partial charge in [0.1, 0.15) is 11.6 Å². The van der Waals surface area contributed by atoms with E-state index in [4.69, 9.17) is 28.5 Å². The van der Waals surface area contributed by atoms with Crippen molar-refractivity contribution in [3.05, 3.63) is 42.5 Å². The Bertz CT molecular complexity index is 669. The van der Waals surface area contributed by atoms with E-state index in [0.29, 0.717) is 21.2 Å². The molecule has 0 atom stereocenters. The summed E-state index contributed by atoms with van der Waals surface area (Å²) < 4.78 is 14.7. The molecular weight excluding hydrogens is 376 g/mol. The number of aromatic nitrogens is 1. The summed E-state index contributed by atoms with van der Waals surface area (Å²) in [4.78, 5) is 4.77. The molecule has 1 aromatic heterocycles. The first-order valence-corrected chi connectivity index (χ1v) is 7.31. The minimum absolute atomic E-state index is 0.102. The number of nitrogens with one attached hydrogen (secondary N) is 1. The van der Waals surface area contributed by atoms with Crippen LogP contribution in [0.25, 0.3) is 0 Å². The molecule has 3 nitrogen and oxygen atoms in total. The molecule has 2 rings (SSSR count). The van der Waals surface area contributed by atoms with E-state index in [1.54, 1.807) is 12.3 Å². The van der Waals surface area contributed by atoms with E-state index >= 15 is 0 Å². The van der Waals surface area contributed by atoms with Crippen molar-refractivity contribution in [1.29, 1.82) is 5.26 Å². The molecule has 0 aliphatic carbocycles. The number of hydrogen-bond acceptors (Lipinski definition) is 4. The Kier molecular flexibility index (Phi) is 4.63. The standard InChI is InChI=1S/C11H5BrCl2FN3S/c12-7-1-8(13)9(15)6(2-16)10(7)17-3-5-4-18-11(14)19-5/h1,4,17H,3H2. The van der Waals surface area contributed by atoms with Gasteiger partial charge < -0.3 is 5.32 Å². The molecule has 1 heterocycles. The van der Waals surface area contributed by atoms with E-state index in [2.05, 4.69) is 26.2 Å². The van der Waals surface area contributed by atoms with E-state index < -0.39 is 5.82 Å². The topological polar surface area (TPSA) is 48.7 Å². The van der Waals surface area contributed by atoms with Crippen LogP contribution in [0.2, 0.25) is 9.49 Å². The number of halogens is 4. The molecule has 0 saturated carbocycles. The van der Waals surface area contributed by atoms with Gasteiger partial charge in [0.25, 0.3) is 0 Å². The highest BCUT2D eigenvalue weighted by Gasteiger charge is 2.16. The van der Waals surface area contributed by atoms with E-state index in [1.165, 1.54) is 17.4 Å². The van der Waals surface area contributed by atoms with Crippen molar-refractivity contribution in [2.45, 2.75) is 6.54 Å². The van der Waals surface area contributed by atoms with Crippen molar-refractivity contribution in [1.82, 2.24) is 4.98 Å². The molecule has 0 amide bonds. The molecule has 1 aromatic carbocycles. The first-order valence-electron chi connectivity index (χ1n) is 4.94. The van der Waals surface area contributed by atoms with Crippen molar-refractivity contribution < 1.29 is 4.39 Å². The van der Waals surface area contributed by atoms with Crippen LogP contribution in [0.15, 0.2) is 16.7 Å². The molecule has 0 bridgehead atoms. The van der Waals surface area contributed by atoms with Crippen molar-refractivity contribution in [3.8, 4) is 6.07 Å². The summed E-state index contributed by atoms with van der Waals surface area (Å²) >= 11 is 16.0. The average Bonchev–Trinajstić information content (AvgIpc) is 2.78. The van der Waals surface area contributed by atoms with Gasteiger partial charge in [-0.1, -0.05) is 23.2 Å². The zero-order valence-electron chi connectivity index (χ0n) is 9.18. The highest BCUT2D eigenvalue weighted by atomic mass is 79.9. The van der Waals surface area contributed by atoms with Gasteiger partial charge in [-0.2, -0.15) is 5.26 Å². The van der Waals surface area contributed by atoms with Gasteiger partial charge in [0.2, 0.25) is 0 Å². The minimum atomic E-state index is -0.739. The zero-order chi connectivity index (χ0) is 14.0. The number of anilines is 1. The van der Waals surface area contributed by atoms with Gasteiger partial charge >= 0.3 is 0 Å². The first-order chi connectivity index (χ1) is 9.02. The van der Waals surface area contributed by atoms with Crippen LogP contribution in [0.1, 0.15) is 10.4 Å². The molecule has 0 unspecified atom stereocenters. The fourth-order valence-corrected chi connectivity index (χ4v) is 3.23. The smallest absolute Gasteiger partial charge is 0.183 e. The third kappa shape index (κ3) is 3.18. The Hall–Kier alpha value is -0.870. The second-order valence-electron chi connectivity index (χ2n) is 3.45. The molecule has 1 N–H and O–H groups in total. The van der Waals surface area contributed by atoms with Gasteiger partial charge in [-0.3, -0.25) is 0 Å². The molecule has 0 spiro atoms. The minimum Gasteiger partial charge on any atom is -0.378 e. The monoisotopic (exact) mass is 379 g/mol. The van der Waals surface area contributed by atoms with Crippen LogP contribution in [0.5, 0.6) is 0 Å². The summed E-state index contributed by atoms with van der Waals surface area (Å²) in [6.45, 7) is 0.388. The highest BCUT2D eigenvalue weighted by Crippen LogP contribution is 2.33. The van der Waals surface area contributed by atoms with Crippen LogP contribution < -0.4 is 5.32 Å². The summed E-state index contributed by atoms with van der Waals surface area (Å²) in [6.07, 6.45) is 1.62. The average molecular weight is 381 g/mol. The lowest BCUT2D eigenvalue weighted by molar-refractivity contribution is 0.624. The molecule has 2 aromatic rings. The summed E-state index contributed by atoms with van der Waals surface area (Å²) in [5, 5.41) is 11.9. The lowest BCUT2D eigenvalue weighted by Gasteiger charge is -2.11. The molecule has 8 heteroatoms. The number of rotatable bonds is 3. The molecule has 0 aliphatic heterocycles. The maximum absolute atomic E-state index is 13.7. The molecule has 0 radical (unpaired) electrons. The van der Waals surface area contributed by atoms with Gasteiger partial charge in [-0.05, 0) is 22.0 Å². The Morgan fingerprint density at radius 1 is 1.53 bits per heavy atom. The lowest BCUT2D eigenvalue weighted by Crippen LogP contribution is -2.03. The number of nitriles is 1. The van der Waals surface area contributed by atoms with Gasteiger partial charge in [-0.15, -0.1) is 11.3 Å². The van der Waals surface area contributed by atoms with Crippen molar-refractivity contribution in [2.75, 3.05) is 5.32 Å². The highest BCUT2D eigenvalue weighted by molar-refractivity contribution is 9.10. The van der Waals surface area contributed by atoms with Gasteiger partial charge in [0.05, 0.1) is 17.3 Å². The predicted octanol–water partition coefficient (Wildman–Crippen LogP) is 4.84. The van der Waals surface area contributed by atoms with Crippen LogP contribution in [0.3, 0.4) is 0 Å². The molecule has 0 aliphatic rings. The molecule has 98 valence electrons. The second kappa shape index (κ2) is 6.06. The molecule has 0 fully saturated rings. The Morgan fingerprint density at radius 2 is 2.26 bits per heavy atom. The summed E-state index contributed by atoms with van der Waals surface area (Å²) in [7, 11) is 0. The fourth-order valence-electron chi connectivity index (χ4n) is 1.41. The van der Waals surface area contributed by atoms with Crippen LogP contribution in [-0.2, 0) is 6.54 Å². The Balaban J connectivity index is 2.30. The van der Waals surface area contributed by atoms with E-state index in [-0.39, 0.29) is 10.6 Å². The lowest BCUT2D eigenvalue weighted by atomic mass is 10.2. The Labute approximate surface area is 131 Å². The van der Waals surface area contributed by atoms with Crippen LogP contribution in [0, 0.1) is 17.1 Å². The maximum atomic E-state index is 13.7. The second-order valence-corrected chi connectivity index (χ2v) is 6.41. The van der Waals surface area contributed by atoms with E-state index in [0.717, 1.165) is 4.88 Å². The number of nitrogens with zero attached hydrogens (tertiary/aromatic N) is 2. The van der Waals surface area contributed by atoms with Gasteiger partial charge in [0, 0.05) is 15.5 Å². The molecule has 19 heavy (non-hydrogen) atoms. The van der Waals surface area contributed by atoms with E-state index in [1.807, 2.05) is 0 Å². The van der Waals surface area contributed by atoms with Crippen molar-refractivity contribution in [3.63, 3.8) is 0 Å². The van der Waals surface area contributed by atoms with Crippen LogP contribution in [0.4, 0.5) is 10.1 Å². The normalized spacial score (nSPS) is 10.3. The Morgan fingerprint density at radius 3 is 2.84 bits per heavy atom. The molecule has 0 saturated heterocycles. The molecular formula is C11H5BrCl2FN3S. The first kappa shape index (κ1) is 14.5. The summed E-state index contributed by atoms with van der Waals surface area (Å²) in [6, 6.07) is 3.20. The van der Waals surface area contributed by atoms with Crippen LogP contribution >= 0.6 is 50.5 Å². The zero-order valence-corrected chi connectivity index (χ0v) is 13.1. The van der Waals surface area contributed by atoms with Gasteiger partial charge in [0.15, 0.2) is 10.3 Å². The number of thiazole rings is 1. The summed E-state index contributed by atoms with van der Waals surface area (Å²) in [5.41, 5.74) is 0.226. The quantitative estimate of drug-likeness (QED) is 0.775. The van der Waals surface area contributed by atoms with Crippen LogP contribution in [-0.4, -0.2) is 4.98 Å².